The summed E-state index contributed by atoms with van der Waals surface area (Å²) in [5.41, 5.74) is 2.71. The van der Waals surface area contributed by atoms with Gasteiger partial charge in [0.15, 0.2) is 10.2 Å². The number of likely N-dealkylation sites (N-methyl/N-ethyl adjacent to an activating group) is 1. The van der Waals surface area contributed by atoms with Gasteiger partial charge in [-0.15, -0.1) is 12.4 Å². The van der Waals surface area contributed by atoms with Crippen LogP contribution >= 0.6 is 40.1 Å². The first-order valence-corrected chi connectivity index (χ1v) is 11.8. The van der Waals surface area contributed by atoms with Gasteiger partial charge >= 0.3 is 0 Å². The molecule has 28 heavy (non-hydrogen) atoms. The summed E-state index contributed by atoms with van der Waals surface area (Å²) in [7, 11) is 0.328. The van der Waals surface area contributed by atoms with E-state index in [1.165, 1.54) is 5.56 Å². The molecule has 0 spiro atoms. The summed E-state index contributed by atoms with van der Waals surface area (Å²) >= 11 is 4.86. The molecule has 1 aliphatic rings. The third kappa shape index (κ3) is 4.06. The summed E-state index contributed by atoms with van der Waals surface area (Å²) in [5.74, 6) is 0.836. The Bertz CT molecular complexity index is 1110. The maximum atomic E-state index is 13.0. The van der Waals surface area contributed by atoms with E-state index >= 15 is 0 Å². The van der Waals surface area contributed by atoms with Crippen molar-refractivity contribution in [2.75, 3.05) is 31.1 Å². The monoisotopic (exact) mass is 505 g/mol. The molecule has 0 fully saturated rings. The minimum atomic E-state index is -3.74. The highest BCUT2D eigenvalue weighted by molar-refractivity contribution is 9.10. The molecule has 1 aliphatic heterocycles. The van der Waals surface area contributed by atoms with Crippen molar-refractivity contribution >= 4 is 66.7 Å². The number of hydrogen-bond donors (Lipinski definition) is 2. The second-order valence-corrected chi connectivity index (χ2v) is 10.1. The lowest BCUT2D eigenvalue weighted by molar-refractivity contribution is 0.414. The summed E-state index contributed by atoms with van der Waals surface area (Å²) < 4.78 is 30.8. The average molecular weight is 507 g/mol. The maximum absolute atomic E-state index is 13.0. The molecule has 0 radical (unpaired) electrons. The number of thioether (sulfide) groups is 1. The van der Waals surface area contributed by atoms with Crippen molar-refractivity contribution in [2.24, 2.45) is 0 Å². The van der Waals surface area contributed by atoms with Gasteiger partial charge in [-0.2, -0.15) is 8.42 Å². The molecule has 3 aromatic rings. The lowest BCUT2D eigenvalue weighted by atomic mass is 10.1. The Balaban J connectivity index is 0.00000225. The Morgan fingerprint density at radius 1 is 1.39 bits per heavy atom. The standard InChI is InChI=1S/C17H20BrN5O2S2.ClH/c1-22(2)6-5-11-10-19-14-4-3-12(9-13(11)14)21-27(24,25)16-15(18)20-17-23(16)7-8-26-17;/h3-4,9-10,19,21H,5-8H2,1-2H3;1H. The highest BCUT2D eigenvalue weighted by Crippen LogP contribution is 2.34. The van der Waals surface area contributed by atoms with Crippen LogP contribution in [0.4, 0.5) is 5.69 Å². The van der Waals surface area contributed by atoms with Crippen LogP contribution in [-0.2, 0) is 23.0 Å². The molecule has 1 aromatic carbocycles. The van der Waals surface area contributed by atoms with Gasteiger partial charge in [0.05, 0.1) is 0 Å². The summed E-state index contributed by atoms with van der Waals surface area (Å²) in [6.07, 6.45) is 2.88. The van der Waals surface area contributed by atoms with E-state index in [9.17, 15) is 8.42 Å². The molecule has 2 aromatic heterocycles. The number of aromatic amines is 1. The van der Waals surface area contributed by atoms with Gasteiger partial charge in [-0.25, -0.2) is 4.98 Å². The zero-order chi connectivity index (χ0) is 19.2. The zero-order valence-corrected chi connectivity index (χ0v) is 19.4. The van der Waals surface area contributed by atoms with Gasteiger partial charge in [0.25, 0.3) is 10.0 Å². The molecule has 0 bridgehead atoms. The molecule has 11 heteroatoms. The number of rotatable bonds is 6. The van der Waals surface area contributed by atoms with Crippen LogP contribution in [0.3, 0.4) is 0 Å². The van der Waals surface area contributed by atoms with E-state index in [1.54, 1.807) is 22.4 Å². The first kappa shape index (κ1) is 21.5. The van der Waals surface area contributed by atoms with Gasteiger partial charge in [-0.1, -0.05) is 11.8 Å². The Labute approximate surface area is 182 Å². The van der Waals surface area contributed by atoms with Gasteiger partial charge < -0.3 is 14.5 Å². The molecule has 4 rings (SSSR count). The van der Waals surface area contributed by atoms with E-state index < -0.39 is 10.0 Å². The summed E-state index contributed by atoms with van der Waals surface area (Å²) in [5, 5.41) is 1.95. The Morgan fingerprint density at radius 3 is 2.93 bits per heavy atom. The first-order chi connectivity index (χ1) is 12.8. The fraction of sp³-hybridized carbons (Fsp3) is 0.353. The van der Waals surface area contributed by atoms with Crippen LogP contribution in [0.2, 0.25) is 0 Å². The number of nitrogens with zero attached hydrogens (tertiary/aromatic N) is 3. The number of aromatic nitrogens is 3. The SMILES string of the molecule is CN(C)CCc1c[nH]c2ccc(NS(=O)(=O)c3c(Br)nc4n3CCS4)cc12.Cl. The number of sulfonamides is 1. The van der Waals surface area contributed by atoms with Gasteiger partial charge in [0.1, 0.15) is 4.60 Å². The molecule has 2 N–H and O–H groups in total. The van der Waals surface area contributed by atoms with Crippen LogP contribution in [0.25, 0.3) is 10.9 Å². The zero-order valence-electron chi connectivity index (χ0n) is 15.4. The minimum absolute atomic E-state index is 0. The second kappa shape index (κ2) is 8.27. The Hall–Kier alpha value is -1.20. The van der Waals surface area contributed by atoms with Crippen LogP contribution < -0.4 is 4.72 Å². The van der Waals surface area contributed by atoms with Crippen LogP contribution in [0.5, 0.6) is 0 Å². The highest BCUT2D eigenvalue weighted by Gasteiger charge is 2.30. The smallest absolute Gasteiger partial charge is 0.280 e. The average Bonchev–Trinajstić information content (AvgIpc) is 3.26. The molecule has 0 saturated heterocycles. The number of fused-ring (bicyclic) bond motifs is 2. The quantitative estimate of drug-likeness (QED) is 0.534. The van der Waals surface area contributed by atoms with E-state index in [1.807, 2.05) is 32.4 Å². The van der Waals surface area contributed by atoms with E-state index in [-0.39, 0.29) is 17.4 Å². The van der Waals surface area contributed by atoms with Gasteiger partial charge in [0.2, 0.25) is 0 Å². The van der Waals surface area contributed by atoms with Crippen LogP contribution in [0.15, 0.2) is 39.2 Å². The van der Waals surface area contributed by atoms with Crippen molar-refractivity contribution in [1.82, 2.24) is 19.4 Å². The molecule has 3 heterocycles. The van der Waals surface area contributed by atoms with Crippen LogP contribution in [-0.4, -0.2) is 54.2 Å². The van der Waals surface area contributed by atoms with Crippen molar-refractivity contribution in [3.63, 3.8) is 0 Å². The Morgan fingerprint density at radius 2 is 2.18 bits per heavy atom. The van der Waals surface area contributed by atoms with Crippen molar-refractivity contribution in [1.29, 1.82) is 0 Å². The van der Waals surface area contributed by atoms with E-state index in [0.717, 1.165) is 34.8 Å². The summed E-state index contributed by atoms with van der Waals surface area (Å²) in [6.45, 7) is 1.57. The predicted molar refractivity (Wildman–Crippen MR) is 119 cm³/mol. The second-order valence-electron chi connectivity index (χ2n) is 6.72. The lowest BCUT2D eigenvalue weighted by Gasteiger charge is -2.11. The lowest BCUT2D eigenvalue weighted by Crippen LogP contribution is -2.17. The van der Waals surface area contributed by atoms with Gasteiger partial charge in [0, 0.05) is 41.6 Å². The van der Waals surface area contributed by atoms with Crippen molar-refractivity contribution in [3.8, 4) is 0 Å². The maximum Gasteiger partial charge on any atom is 0.280 e. The molecule has 0 atom stereocenters. The third-order valence-corrected chi connectivity index (χ3v) is 7.69. The fourth-order valence-corrected chi connectivity index (χ4v) is 6.59. The number of halogens is 2. The van der Waals surface area contributed by atoms with Crippen LogP contribution in [0.1, 0.15) is 5.56 Å². The molecule has 152 valence electrons. The summed E-state index contributed by atoms with van der Waals surface area (Å²) in [4.78, 5) is 9.69. The normalized spacial score (nSPS) is 13.7. The summed E-state index contributed by atoms with van der Waals surface area (Å²) in [6, 6.07) is 5.56. The van der Waals surface area contributed by atoms with Crippen molar-refractivity contribution in [3.05, 3.63) is 34.6 Å². The molecule has 0 saturated carbocycles. The van der Waals surface area contributed by atoms with Gasteiger partial charge in [-0.05, 0) is 60.2 Å². The number of anilines is 1. The number of benzene rings is 1. The van der Waals surface area contributed by atoms with Crippen LogP contribution in [0, 0.1) is 0 Å². The van der Waals surface area contributed by atoms with E-state index in [0.29, 0.717) is 16.8 Å². The number of nitrogens with one attached hydrogen (secondary N) is 2. The molecular weight excluding hydrogens is 486 g/mol. The molecular formula is C17H21BrClN5O2S2. The molecule has 7 nitrogen and oxygen atoms in total. The predicted octanol–water partition coefficient (Wildman–Crippen LogP) is 3.56. The molecule has 0 unspecified atom stereocenters. The van der Waals surface area contributed by atoms with Crippen molar-refractivity contribution < 1.29 is 8.42 Å². The minimum Gasteiger partial charge on any atom is -0.361 e. The number of imidazole rings is 1. The van der Waals surface area contributed by atoms with Crippen molar-refractivity contribution in [2.45, 2.75) is 23.1 Å². The first-order valence-electron chi connectivity index (χ1n) is 8.51. The van der Waals surface area contributed by atoms with E-state index in [4.69, 9.17) is 0 Å². The largest absolute Gasteiger partial charge is 0.361 e. The molecule has 0 aliphatic carbocycles. The number of hydrogen-bond acceptors (Lipinski definition) is 5. The van der Waals surface area contributed by atoms with E-state index in [2.05, 4.69) is 35.5 Å². The number of H-pyrrole nitrogens is 1. The fourth-order valence-electron chi connectivity index (χ4n) is 3.18. The van der Waals surface area contributed by atoms with Gasteiger partial charge in [-0.3, -0.25) is 4.72 Å². The third-order valence-electron chi connectivity index (χ3n) is 4.49. The molecule has 0 amide bonds. The highest BCUT2D eigenvalue weighted by atomic mass is 79.9. The Kier molecular flexibility index (Phi) is 6.35. The topological polar surface area (TPSA) is 83.0 Å².